The van der Waals surface area contributed by atoms with Crippen molar-refractivity contribution >= 4 is 0 Å². The Kier molecular flexibility index (Phi) is 4.58. The summed E-state index contributed by atoms with van der Waals surface area (Å²) < 4.78 is 11.0. The van der Waals surface area contributed by atoms with E-state index in [4.69, 9.17) is 9.26 Å². The highest BCUT2D eigenvalue weighted by Gasteiger charge is 2.12. The van der Waals surface area contributed by atoms with Crippen molar-refractivity contribution in [1.82, 2.24) is 10.5 Å². The Morgan fingerprint density at radius 1 is 1.37 bits per heavy atom. The summed E-state index contributed by atoms with van der Waals surface area (Å²) in [6, 6.07) is 10.3. The first kappa shape index (κ1) is 13.6. The summed E-state index contributed by atoms with van der Waals surface area (Å²) in [5.74, 6) is 1.63. The molecule has 0 saturated heterocycles. The van der Waals surface area contributed by atoms with Gasteiger partial charge in [0.2, 0.25) is 0 Å². The number of nitrogens with zero attached hydrogens (tertiary/aromatic N) is 1. The Morgan fingerprint density at radius 3 is 2.79 bits per heavy atom. The van der Waals surface area contributed by atoms with E-state index in [0.29, 0.717) is 12.6 Å². The molecule has 102 valence electrons. The Bertz CT molecular complexity index is 518. The second-order valence-electron chi connectivity index (χ2n) is 4.51. The van der Waals surface area contributed by atoms with Gasteiger partial charge in [-0.05, 0) is 26.5 Å². The summed E-state index contributed by atoms with van der Waals surface area (Å²) in [7, 11) is 1.96. The van der Waals surface area contributed by atoms with Crippen LogP contribution in [0.1, 0.15) is 36.4 Å². The van der Waals surface area contributed by atoms with Gasteiger partial charge in [-0.25, -0.2) is 0 Å². The molecule has 0 radical (unpaired) electrons. The number of ether oxygens (including phenoxy) is 1. The molecule has 1 atom stereocenters. The number of hydrogen-bond acceptors (Lipinski definition) is 4. The monoisotopic (exact) mass is 260 g/mol. The van der Waals surface area contributed by atoms with Crippen molar-refractivity contribution in [1.29, 1.82) is 0 Å². The number of para-hydroxylation sites is 1. The van der Waals surface area contributed by atoms with Crippen LogP contribution in [-0.4, -0.2) is 12.2 Å². The SMILES string of the molecule is CCC(NC)c1ccccc1OCc1cc(C)no1. The van der Waals surface area contributed by atoms with Crippen LogP contribution < -0.4 is 10.1 Å². The molecular weight excluding hydrogens is 240 g/mol. The lowest BCUT2D eigenvalue weighted by Gasteiger charge is -2.18. The van der Waals surface area contributed by atoms with Gasteiger partial charge < -0.3 is 14.6 Å². The zero-order valence-electron chi connectivity index (χ0n) is 11.6. The maximum absolute atomic E-state index is 5.85. The Morgan fingerprint density at radius 2 is 2.16 bits per heavy atom. The van der Waals surface area contributed by atoms with Crippen LogP contribution in [-0.2, 0) is 6.61 Å². The van der Waals surface area contributed by atoms with E-state index < -0.39 is 0 Å². The minimum Gasteiger partial charge on any atom is -0.485 e. The molecule has 2 aromatic rings. The van der Waals surface area contributed by atoms with Crippen molar-refractivity contribution in [3.05, 3.63) is 47.3 Å². The van der Waals surface area contributed by atoms with Crippen LogP contribution >= 0.6 is 0 Å². The van der Waals surface area contributed by atoms with Gasteiger partial charge in [0.1, 0.15) is 12.4 Å². The van der Waals surface area contributed by atoms with E-state index in [1.165, 1.54) is 5.56 Å². The van der Waals surface area contributed by atoms with Gasteiger partial charge in [-0.1, -0.05) is 30.3 Å². The van der Waals surface area contributed by atoms with Crippen LogP contribution in [0.5, 0.6) is 5.75 Å². The summed E-state index contributed by atoms with van der Waals surface area (Å²) in [6.45, 7) is 4.45. The molecular formula is C15H20N2O2. The van der Waals surface area contributed by atoms with Gasteiger partial charge in [0.05, 0.1) is 5.69 Å². The van der Waals surface area contributed by atoms with Crippen molar-refractivity contribution in [2.45, 2.75) is 32.9 Å². The minimum absolute atomic E-state index is 0.299. The molecule has 0 spiro atoms. The molecule has 0 saturated carbocycles. The summed E-state index contributed by atoms with van der Waals surface area (Å²) >= 11 is 0. The molecule has 0 aliphatic carbocycles. The molecule has 0 bridgehead atoms. The number of nitrogens with one attached hydrogen (secondary N) is 1. The Hall–Kier alpha value is -1.81. The molecule has 1 unspecified atom stereocenters. The van der Waals surface area contributed by atoms with Gasteiger partial charge in [0.15, 0.2) is 5.76 Å². The lowest BCUT2D eigenvalue weighted by Crippen LogP contribution is -2.16. The predicted molar refractivity (Wildman–Crippen MR) is 74.1 cm³/mol. The van der Waals surface area contributed by atoms with Gasteiger partial charge >= 0.3 is 0 Å². The first-order valence-corrected chi connectivity index (χ1v) is 6.55. The largest absolute Gasteiger partial charge is 0.485 e. The second kappa shape index (κ2) is 6.38. The standard InChI is InChI=1S/C15H20N2O2/c1-4-14(16-3)13-7-5-6-8-15(13)18-10-12-9-11(2)17-19-12/h5-9,14,16H,4,10H2,1-3H3. The molecule has 4 heteroatoms. The van der Waals surface area contributed by atoms with E-state index >= 15 is 0 Å². The maximum Gasteiger partial charge on any atom is 0.174 e. The van der Waals surface area contributed by atoms with Crippen LogP contribution in [0.15, 0.2) is 34.9 Å². The maximum atomic E-state index is 5.85. The third-order valence-corrected chi connectivity index (χ3v) is 3.10. The molecule has 1 heterocycles. The Balaban J connectivity index is 2.11. The summed E-state index contributed by atoms with van der Waals surface area (Å²) in [5.41, 5.74) is 2.04. The topological polar surface area (TPSA) is 47.3 Å². The third kappa shape index (κ3) is 3.35. The van der Waals surface area contributed by atoms with Crippen LogP contribution in [0.25, 0.3) is 0 Å². The van der Waals surface area contributed by atoms with Crippen molar-refractivity contribution in [3.63, 3.8) is 0 Å². The molecule has 1 aromatic heterocycles. The van der Waals surface area contributed by atoms with Gasteiger partial charge in [0, 0.05) is 17.7 Å². The van der Waals surface area contributed by atoms with Crippen LogP contribution in [0.2, 0.25) is 0 Å². The fourth-order valence-corrected chi connectivity index (χ4v) is 2.11. The number of aromatic nitrogens is 1. The normalized spacial score (nSPS) is 12.4. The van der Waals surface area contributed by atoms with Crippen LogP contribution in [0, 0.1) is 6.92 Å². The van der Waals surface area contributed by atoms with Crippen LogP contribution in [0.3, 0.4) is 0 Å². The average Bonchev–Trinajstić information content (AvgIpc) is 2.85. The molecule has 1 aromatic carbocycles. The average molecular weight is 260 g/mol. The van der Waals surface area contributed by atoms with Gasteiger partial charge in [-0.15, -0.1) is 0 Å². The zero-order chi connectivity index (χ0) is 13.7. The summed E-state index contributed by atoms with van der Waals surface area (Å²) in [5, 5.41) is 7.15. The smallest absolute Gasteiger partial charge is 0.174 e. The van der Waals surface area contributed by atoms with Crippen molar-refractivity contribution in [3.8, 4) is 5.75 Å². The lowest BCUT2D eigenvalue weighted by molar-refractivity contribution is 0.245. The highest BCUT2D eigenvalue weighted by atomic mass is 16.5. The fraction of sp³-hybridized carbons (Fsp3) is 0.400. The molecule has 19 heavy (non-hydrogen) atoms. The number of aryl methyl sites for hydroxylation is 1. The highest BCUT2D eigenvalue weighted by molar-refractivity contribution is 5.36. The molecule has 0 fully saturated rings. The number of rotatable bonds is 6. The molecule has 0 amide bonds. The van der Waals surface area contributed by atoms with E-state index in [1.807, 2.05) is 38.2 Å². The molecule has 2 rings (SSSR count). The zero-order valence-corrected chi connectivity index (χ0v) is 11.6. The van der Waals surface area contributed by atoms with E-state index in [-0.39, 0.29) is 0 Å². The van der Waals surface area contributed by atoms with Gasteiger partial charge in [0.25, 0.3) is 0 Å². The molecule has 0 aliphatic heterocycles. The lowest BCUT2D eigenvalue weighted by atomic mass is 10.0. The van der Waals surface area contributed by atoms with E-state index in [9.17, 15) is 0 Å². The Labute approximate surface area is 113 Å². The number of hydrogen-bond donors (Lipinski definition) is 1. The highest BCUT2D eigenvalue weighted by Crippen LogP contribution is 2.27. The fourth-order valence-electron chi connectivity index (χ4n) is 2.11. The summed E-state index contributed by atoms with van der Waals surface area (Å²) in [6.07, 6.45) is 1.01. The van der Waals surface area contributed by atoms with Crippen molar-refractivity contribution < 1.29 is 9.26 Å². The first-order chi connectivity index (χ1) is 9.24. The molecule has 4 nitrogen and oxygen atoms in total. The van der Waals surface area contributed by atoms with E-state index in [1.54, 1.807) is 0 Å². The van der Waals surface area contributed by atoms with Crippen molar-refractivity contribution in [2.24, 2.45) is 0 Å². The van der Waals surface area contributed by atoms with Crippen LogP contribution in [0.4, 0.5) is 0 Å². The first-order valence-electron chi connectivity index (χ1n) is 6.55. The predicted octanol–water partition coefficient (Wildman–Crippen LogP) is 3.23. The minimum atomic E-state index is 0.299. The third-order valence-electron chi connectivity index (χ3n) is 3.10. The van der Waals surface area contributed by atoms with Gasteiger partial charge in [-0.3, -0.25) is 0 Å². The molecule has 0 aliphatic rings. The van der Waals surface area contributed by atoms with E-state index in [2.05, 4.69) is 23.5 Å². The summed E-state index contributed by atoms with van der Waals surface area (Å²) in [4.78, 5) is 0. The van der Waals surface area contributed by atoms with Gasteiger partial charge in [-0.2, -0.15) is 0 Å². The number of benzene rings is 1. The quantitative estimate of drug-likeness (QED) is 0.866. The second-order valence-corrected chi connectivity index (χ2v) is 4.51. The van der Waals surface area contributed by atoms with Crippen molar-refractivity contribution in [2.75, 3.05) is 7.05 Å². The van der Waals surface area contributed by atoms with E-state index in [0.717, 1.165) is 23.6 Å². The molecule has 1 N–H and O–H groups in total.